The summed E-state index contributed by atoms with van der Waals surface area (Å²) in [5.74, 6) is -3.46. The normalized spacial score (nSPS) is 16.3. The third-order valence-corrected chi connectivity index (χ3v) is 4.18. The van der Waals surface area contributed by atoms with Gasteiger partial charge in [-0.25, -0.2) is 0 Å². The van der Waals surface area contributed by atoms with Gasteiger partial charge in [-0.2, -0.15) is 8.42 Å². The quantitative estimate of drug-likeness (QED) is 0.430. The lowest BCUT2D eigenvalue weighted by Crippen LogP contribution is -2.50. The van der Waals surface area contributed by atoms with Crippen LogP contribution in [0.5, 0.6) is 0 Å². The lowest BCUT2D eigenvalue weighted by atomic mass is 9.76. The maximum absolute atomic E-state index is 11.4. The van der Waals surface area contributed by atoms with Crippen molar-refractivity contribution < 1.29 is 32.8 Å². The second-order valence-corrected chi connectivity index (χ2v) is 5.79. The van der Waals surface area contributed by atoms with Crippen LogP contribution in [-0.2, 0) is 19.7 Å². The SMILES string of the molecule is C=CCC(CCCC)(C(=O)O)C(C(=O)O)S(=O)(=O)O. The zero-order valence-electron chi connectivity index (χ0n) is 10.6. The molecule has 0 saturated carbocycles. The molecule has 0 saturated heterocycles. The van der Waals surface area contributed by atoms with Gasteiger partial charge in [0.15, 0.2) is 5.25 Å². The molecular weight excluding hydrogens is 276 g/mol. The smallest absolute Gasteiger partial charge is 0.325 e. The Bertz CT molecular complexity index is 454. The topological polar surface area (TPSA) is 129 Å². The van der Waals surface area contributed by atoms with Crippen LogP contribution in [0.3, 0.4) is 0 Å². The van der Waals surface area contributed by atoms with E-state index in [2.05, 4.69) is 6.58 Å². The Morgan fingerprint density at radius 3 is 2.16 bits per heavy atom. The van der Waals surface area contributed by atoms with Gasteiger partial charge in [-0.05, 0) is 12.8 Å². The van der Waals surface area contributed by atoms with Crippen molar-refractivity contribution in [2.45, 2.75) is 37.9 Å². The van der Waals surface area contributed by atoms with Crippen molar-refractivity contribution in [2.24, 2.45) is 5.41 Å². The van der Waals surface area contributed by atoms with Gasteiger partial charge in [0.05, 0.1) is 0 Å². The lowest BCUT2D eigenvalue weighted by molar-refractivity contribution is -0.155. The van der Waals surface area contributed by atoms with E-state index in [1.54, 1.807) is 6.92 Å². The van der Waals surface area contributed by atoms with Crippen molar-refractivity contribution in [3.8, 4) is 0 Å². The largest absolute Gasteiger partial charge is 0.481 e. The van der Waals surface area contributed by atoms with E-state index in [4.69, 9.17) is 9.66 Å². The molecule has 3 N–H and O–H groups in total. The van der Waals surface area contributed by atoms with Crippen LogP contribution in [0.2, 0.25) is 0 Å². The molecule has 0 bridgehead atoms. The van der Waals surface area contributed by atoms with Gasteiger partial charge >= 0.3 is 11.9 Å². The molecule has 0 aliphatic heterocycles. The van der Waals surface area contributed by atoms with E-state index >= 15 is 0 Å². The number of rotatable bonds is 9. The molecule has 0 spiro atoms. The molecule has 0 aliphatic rings. The Balaban J connectivity index is 5.95. The number of hydrogen-bond donors (Lipinski definition) is 3. The van der Waals surface area contributed by atoms with Gasteiger partial charge in [-0.15, -0.1) is 6.58 Å². The number of hydrogen-bond acceptors (Lipinski definition) is 4. The summed E-state index contributed by atoms with van der Waals surface area (Å²) in [5, 5.41) is 15.8. The summed E-state index contributed by atoms with van der Waals surface area (Å²) in [4.78, 5) is 22.5. The summed E-state index contributed by atoms with van der Waals surface area (Å²) in [6, 6.07) is 0. The van der Waals surface area contributed by atoms with Crippen LogP contribution < -0.4 is 0 Å². The fraction of sp³-hybridized carbons (Fsp3) is 0.636. The summed E-state index contributed by atoms with van der Waals surface area (Å²) in [6.07, 6.45) is 1.48. The first kappa shape index (κ1) is 17.6. The molecule has 0 fully saturated rings. The molecule has 0 radical (unpaired) electrons. The van der Waals surface area contributed by atoms with Crippen molar-refractivity contribution in [1.82, 2.24) is 0 Å². The second kappa shape index (κ2) is 6.67. The van der Waals surface area contributed by atoms with Crippen LogP contribution in [0.15, 0.2) is 12.7 Å². The Morgan fingerprint density at radius 1 is 1.37 bits per heavy atom. The molecule has 0 aliphatic carbocycles. The average Bonchev–Trinajstić information content (AvgIpc) is 2.23. The number of unbranched alkanes of at least 4 members (excludes halogenated alkanes) is 1. The van der Waals surface area contributed by atoms with Crippen LogP contribution in [0.1, 0.15) is 32.6 Å². The Kier molecular flexibility index (Phi) is 6.17. The molecule has 0 amide bonds. The van der Waals surface area contributed by atoms with Crippen LogP contribution in [-0.4, -0.2) is 40.4 Å². The van der Waals surface area contributed by atoms with Crippen molar-refractivity contribution in [3.63, 3.8) is 0 Å². The number of aliphatic carboxylic acids is 2. The zero-order valence-corrected chi connectivity index (χ0v) is 11.4. The molecular formula is C11H18O7S. The van der Waals surface area contributed by atoms with E-state index < -0.39 is 32.7 Å². The van der Waals surface area contributed by atoms with Crippen LogP contribution >= 0.6 is 0 Å². The predicted molar refractivity (Wildman–Crippen MR) is 67.4 cm³/mol. The van der Waals surface area contributed by atoms with Gasteiger partial charge in [-0.1, -0.05) is 25.8 Å². The maximum Gasteiger partial charge on any atom is 0.325 e. The van der Waals surface area contributed by atoms with Gasteiger partial charge in [0, 0.05) is 0 Å². The third-order valence-electron chi connectivity index (χ3n) is 2.93. The molecule has 8 heteroatoms. The number of carbonyl (C=O) groups is 2. The van der Waals surface area contributed by atoms with E-state index in [9.17, 15) is 23.1 Å². The molecule has 110 valence electrons. The Labute approximate surface area is 111 Å². The van der Waals surface area contributed by atoms with Crippen LogP contribution in [0, 0.1) is 5.41 Å². The molecule has 0 rings (SSSR count). The van der Waals surface area contributed by atoms with Gasteiger partial charge in [-0.3, -0.25) is 14.1 Å². The minimum Gasteiger partial charge on any atom is -0.481 e. The van der Waals surface area contributed by atoms with Crippen molar-refractivity contribution >= 4 is 22.1 Å². The first-order valence-electron chi connectivity index (χ1n) is 5.67. The minimum atomic E-state index is -5.05. The van der Waals surface area contributed by atoms with Gasteiger partial charge in [0.2, 0.25) is 0 Å². The van der Waals surface area contributed by atoms with E-state index in [0.717, 1.165) is 6.08 Å². The molecule has 0 heterocycles. The molecule has 2 atom stereocenters. The van der Waals surface area contributed by atoms with Crippen molar-refractivity contribution in [2.75, 3.05) is 0 Å². The molecule has 0 aromatic carbocycles. The van der Waals surface area contributed by atoms with Gasteiger partial charge < -0.3 is 10.2 Å². The van der Waals surface area contributed by atoms with Crippen LogP contribution in [0.4, 0.5) is 0 Å². The molecule has 2 unspecified atom stereocenters. The summed E-state index contributed by atoms with van der Waals surface area (Å²) < 4.78 is 31.5. The highest BCUT2D eigenvalue weighted by molar-refractivity contribution is 7.87. The minimum absolute atomic E-state index is 0.179. The van der Waals surface area contributed by atoms with E-state index in [-0.39, 0.29) is 12.8 Å². The highest BCUT2D eigenvalue weighted by atomic mass is 32.2. The Morgan fingerprint density at radius 2 is 1.89 bits per heavy atom. The summed E-state index contributed by atoms with van der Waals surface area (Å²) in [7, 11) is -5.05. The van der Waals surface area contributed by atoms with Gasteiger partial charge in [0.25, 0.3) is 10.1 Å². The number of carboxylic acid groups (broad SMARTS) is 2. The summed E-state index contributed by atoms with van der Waals surface area (Å²) >= 11 is 0. The standard InChI is InChI=1S/C11H18O7S/c1-3-5-7-11(6-4-2,10(14)15)8(9(12)13)19(16,17)18/h4,8H,2-3,5-7H2,1H3,(H,12,13)(H,14,15)(H,16,17,18). The van der Waals surface area contributed by atoms with E-state index in [1.165, 1.54) is 0 Å². The summed E-state index contributed by atoms with van der Waals surface area (Å²) in [6.45, 7) is 5.08. The first-order chi connectivity index (χ1) is 8.63. The monoisotopic (exact) mass is 294 g/mol. The molecule has 0 aromatic heterocycles. The molecule has 19 heavy (non-hydrogen) atoms. The van der Waals surface area contributed by atoms with Gasteiger partial charge in [0.1, 0.15) is 5.41 Å². The van der Waals surface area contributed by atoms with E-state index in [0.29, 0.717) is 12.8 Å². The molecule has 7 nitrogen and oxygen atoms in total. The maximum atomic E-state index is 11.4. The third kappa shape index (κ3) is 4.03. The van der Waals surface area contributed by atoms with E-state index in [1.807, 2.05) is 0 Å². The zero-order chi connectivity index (χ0) is 15.3. The number of allylic oxidation sites excluding steroid dienone is 1. The van der Waals surface area contributed by atoms with Crippen molar-refractivity contribution in [3.05, 3.63) is 12.7 Å². The number of carboxylic acids is 2. The lowest BCUT2D eigenvalue weighted by Gasteiger charge is -2.32. The highest BCUT2D eigenvalue weighted by Gasteiger charge is 2.54. The van der Waals surface area contributed by atoms with Crippen LogP contribution in [0.25, 0.3) is 0 Å². The fourth-order valence-electron chi connectivity index (χ4n) is 2.05. The average molecular weight is 294 g/mol. The second-order valence-electron chi connectivity index (χ2n) is 4.29. The van der Waals surface area contributed by atoms with Crippen molar-refractivity contribution in [1.29, 1.82) is 0 Å². The Hall–Kier alpha value is -1.41. The molecule has 0 aromatic rings. The first-order valence-corrected chi connectivity index (χ1v) is 7.17. The predicted octanol–water partition coefficient (Wildman–Crippen LogP) is 1.16. The summed E-state index contributed by atoms with van der Waals surface area (Å²) in [5.41, 5.74) is -2.11. The highest BCUT2D eigenvalue weighted by Crippen LogP contribution is 2.37. The fourth-order valence-corrected chi connectivity index (χ4v) is 3.19.